The van der Waals surface area contributed by atoms with Gasteiger partial charge >= 0.3 is 0 Å². The van der Waals surface area contributed by atoms with Crippen LogP contribution in [0.1, 0.15) is 18.9 Å². The molecule has 1 aliphatic rings. The fourth-order valence-electron chi connectivity index (χ4n) is 2.30. The van der Waals surface area contributed by atoms with Gasteiger partial charge in [-0.15, -0.1) is 0 Å². The fraction of sp³-hybridized carbons (Fsp3) is 0.231. The summed E-state index contributed by atoms with van der Waals surface area (Å²) in [5.74, 6) is 0. The number of hydrogen-bond acceptors (Lipinski definition) is 2. The maximum Gasteiger partial charge on any atom is 0.132 e. The average Bonchev–Trinajstić information content (AvgIpc) is 2.98. The van der Waals surface area contributed by atoms with E-state index in [-0.39, 0.29) is 0 Å². The van der Waals surface area contributed by atoms with Crippen molar-refractivity contribution >= 4 is 5.57 Å². The van der Waals surface area contributed by atoms with Crippen molar-refractivity contribution in [2.75, 3.05) is 6.54 Å². The molecule has 4 nitrogen and oxygen atoms in total. The van der Waals surface area contributed by atoms with E-state index in [0.717, 1.165) is 29.2 Å². The number of nitrogens with zero attached hydrogens (tertiary/aromatic N) is 2. The SMILES string of the molecule is C/C=C1\CCN=c2[nH]ccc2=C1c1cn[nH]c1. The molecule has 0 atom stereocenters. The molecule has 0 radical (unpaired) electrons. The van der Waals surface area contributed by atoms with Crippen LogP contribution in [0.4, 0.5) is 0 Å². The van der Waals surface area contributed by atoms with E-state index in [4.69, 9.17) is 0 Å². The predicted octanol–water partition coefficient (Wildman–Crippen LogP) is 0.906. The summed E-state index contributed by atoms with van der Waals surface area (Å²) in [6, 6.07) is 2.08. The Bertz CT molecular complexity index is 659. The zero-order valence-corrected chi connectivity index (χ0v) is 9.70. The molecule has 17 heavy (non-hydrogen) atoms. The lowest BCUT2D eigenvalue weighted by Gasteiger charge is -2.06. The highest BCUT2D eigenvalue weighted by atomic mass is 15.1. The van der Waals surface area contributed by atoms with E-state index in [0.29, 0.717) is 0 Å². The largest absolute Gasteiger partial charge is 0.346 e. The first-order valence-electron chi connectivity index (χ1n) is 5.77. The minimum atomic E-state index is 0.828. The average molecular weight is 226 g/mol. The molecule has 2 aromatic rings. The molecule has 3 heterocycles. The summed E-state index contributed by atoms with van der Waals surface area (Å²) in [5, 5.41) is 8.08. The van der Waals surface area contributed by atoms with Crippen molar-refractivity contribution in [3.05, 3.63) is 52.6 Å². The third-order valence-corrected chi connectivity index (χ3v) is 3.10. The van der Waals surface area contributed by atoms with Crippen LogP contribution in [0.15, 0.2) is 41.3 Å². The van der Waals surface area contributed by atoms with Crippen LogP contribution in [-0.2, 0) is 0 Å². The monoisotopic (exact) mass is 226 g/mol. The van der Waals surface area contributed by atoms with Gasteiger partial charge in [0.25, 0.3) is 0 Å². The highest BCUT2D eigenvalue weighted by molar-refractivity contribution is 5.77. The van der Waals surface area contributed by atoms with E-state index >= 15 is 0 Å². The van der Waals surface area contributed by atoms with Crippen LogP contribution in [0.25, 0.3) is 5.57 Å². The molecular weight excluding hydrogens is 212 g/mol. The van der Waals surface area contributed by atoms with Gasteiger partial charge in [0.15, 0.2) is 0 Å². The number of allylic oxidation sites excluding steroid dienone is 1. The summed E-state index contributed by atoms with van der Waals surface area (Å²) < 4.78 is 0. The summed E-state index contributed by atoms with van der Waals surface area (Å²) in [5.41, 5.74) is 4.65. The van der Waals surface area contributed by atoms with Gasteiger partial charge in [0, 0.05) is 29.7 Å². The number of rotatable bonds is 1. The molecule has 3 rings (SSSR count). The Labute approximate surface area is 98.8 Å². The highest BCUT2D eigenvalue weighted by Gasteiger charge is 2.13. The maximum atomic E-state index is 4.56. The number of nitrogens with one attached hydrogen (secondary N) is 2. The lowest BCUT2D eigenvalue weighted by molar-refractivity contribution is 0.932. The summed E-state index contributed by atoms with van der Waals surface area (Å²) in [6.07, 6.45) is 8.87. The summed E-state index contributed by atoms with van der Waals surface area (Å²) in [6.45, 7) is 2.90. The minimum absolute atomic E-state index is 0.828. The van der Waals surface area contributed by atoms with Crippen molar-refractivity contribution in [2.24, 2.45) is 4.99 Å². The number of aromatic amines is 2. The Balaban J connectivity index is 2.41. The first-order valence-corrected chi connectivity index (χ1v) is 5.77. The second-order valence-electron chi connectivity index (χ2n) is 4.05. The fourth-order valence-corrected chi connectivity index (χ4v) is 2.30. The quantitative estimate of drug-likeness (QED) is 0.746. The Morgan fingerprint density at radius 1 is 1.41 bits per heavy atom. The van der Waals surface area contributed by atoms with Crippen molar-refractivity contribution in [1.29, 1.82) is 0 Å². The van der Waals surface area contributed by atoms with E-state index in [1.54, 1.807) is 0 Å². The van der Waals surface area contributed by atoms with Crippen molar-refractivity contribution in [1.82, 2.24) is 15.2 Å². The first-order chi connectivity index (χ1) is 8.40. The molecule has 0 fully saturated rings. The van der Waals surface area contributed by atoms with Crippen molar-refractivity contribution in [2.45, 2.75) is 13.3 Å². The molecule has 0 saturated heterocycles. The topological polar surface area (TPSA) is 56.8 Å². The third-order valence-electron chi connectivity index (χ3n) is 3.10. The van der Waals surface area contributed by atoms with Crippen molar-refractivity contribution in [3.63, 3.8) is 0 Å². The molecule has 2 N–H and O–H groups in total. The minimum Gasteiger partial charge on any atom is -0.346 e. The van der Waals surface area contributed by atoms with E-state index in [1.165, 1.54) is 11.1 Å². The van der Waals surface area contributed by atoms with Gasteiger partial charge in [-0.1, -0.05) is 6.08 Å². The van der Waals surface area contributed by atoms with Crippen LogP contribution in [0.5, 0.6) is 0 Å². The number of H-pyrrole nitrogens is 2. The van der Waals surface area contributed by atoms with Crippen LogP contribution < -0.4 is 10.7 Å². The standard InChI is InChI=1S/C13H14N4/c1-2-9-3-5-14-13-11(4-6-15-13)12(9)10-7-16-17-8-10/h2,4,6-8H,3,5H2,1H3,(H,14,15)(H,16,17)/b9-2+. The van der Waals surface area contributed by atoms with E-state index in [2.05, 4.69) is 39.2 Å². The van der Waals surface area contributed by atoms with Gasteiger partial charge in [0.05, 0.1) is 6.20 Å². The van der Waals surface area contributed by atoms with Crippen molar-refractivity contribution < 1.29 is 0 Å². The molecule has 0 unspecified atom stereocenters. The first kappa shape index (κ1) is 10.1. The smallest absolute Gasteiger partial charge is 0.132 e. The van der Waals surface area contributed by atoms with Gasteiger partial charge in [-0.3, -0.25) is 10.1 Å². The molecule has 4 heteroatoms. The van der Waals surface area contributed by atoms with E-state index < -0.39 is 0 Å². The summed E-state index contributed by atoms with van der Waals surface area (Å²) in [7, 11) is 0. The second-order valence-corrected chi connectivity index (χ2v) is 4.05. The van der Waals surface area contributed by atoms with Crippen LogP contribution >= 0.6 is 0 Å². The summed E-state index contributed by atoms with van der Waals surface area (Å²) >= 11 is 0. The van der Waals surface area contributed by atoms with Gasteiger partial charge in [-0.2, -0.15) is 5.10 Å². The van der Waals surface area contributed by atoms with E-state index in [1.807, 2.05) is 18.6 Å². The Morgan fingerprint density at radius 3 is 3.12 bits per heavy atom. The molecule has 0 amide bonds. The van der Waals surface area contributed by atoms with Crippen LogP contribution in [0, 0.1) is 0 Å². The molecule has 2 aromatic heterocycles. The van der Waals surface area contributed by atoms with Crippen LogP contribution in [-0.4, -0.2) is 21.7 Å². The number of hydrogen-bond donors (Lipinski definition) is 2. The summed E-state index contributed by atoms with van der Waals surface area (Å²) in [4.78, 5) is 7.75. The van der Waals surface area contributed by atoms with Gasteiger partial charge in [0.1, 0.15) is 5.49 Å². The van der Waals surface area contributed by atoms with Crippen LogP contribution in [0.2, 0.25) is 0 Å². The predicted molar refractivity (Wildman–Crippen MR) is 65.9 cm³/mol. The molecule has 0 aromatic carbocycles. The Hall–Kier alpha value is -2.10. The van der Waals surface area contributed by atoms with Gasteiger partial charge in [-0.05, 0) is 30.6 Å². The third kappa shape index (κ3) is 1.62. The maximum absolute atomic E-state index is 4.56. The molecule has 0 aliphatic carbocycles. The van der Waals surface area contributed by atoms with Crippen LogP contribution in [0.3, 0.4) is 0 Å². The Morgan fingerprint density at radius 2 is 2.35 bits per heavy atom. The van der Waals surface area contributed by atoms with Gasteiger partial charge in [0.2, 0.25) is 0 Å². The van der Waals surface area contributed by atoms with E-state index in [9.17, 15) is 0 Å². The van der Waals surface area contributed by atoms with Crippen molar-refractivity contribution in [3.8, 4) is 0 Å². The molecule has 86 valence electrons. The Kier molecular flexibility index (Phi) is 2.40. The lowest BCUT2D eigenvalue weighted by Crippen LogP contribution is -2.25. The number of aromatic nitrogens is 3. The zero-order chi connectivity index (χ0) is 11.7. The normalized spacial score (nSPS) is 17.7. The molecule has 1 aliphatic heterocycles. The second kappa shape index (κ2) is 4.05. The molecular formula is C13H14N4. The molecule has 0 bridgehead atoms. The lowest BCUT2D eigenvalue weighted by atomic mass is 9.97. The zero-order valence-electron chi connectivity index (χ0n) is 9.70. The highest BCUT2D eigenvalue weighted by Crippen LogP contribution is 2.22. The molecule has 0 spiro atoms. The van der Waals surface area contributed by atoms with Gasteiger partial charge < -0.3 is 4.98 Å². The molecule has 0 saturated carbocycles. The van der Waals surface area contributed by atoms with Gasteiger partial charge in [-0.25, -0.2) is 0 Å². The number of fused-ring (bicyclic) bond motifs is 1.